The van der Waals surface area contributed by atoms with Gasteiger partial charge in [-0.05, 0) is 69.1 Å². The lowest BCUT2D eigenvalue weighted by Crippen LogP contribution is -2.33. The molecule has 1 N–H and O–H groups in total. The van der Waals surface area contributed by atoms with Crippen LogP contribution in [0.15, 0.2) is 48.9 Å². The zero-order valence-electron chi connectivity index (χ0n) is 24.1. The van der Waals surface area contributed by atoms with E-state index in [1.54, 1.807) is 18.1 Å². The van der Waals surface area contributed by atoms with Gasteiger partial charge in [0.1, 0.15) is 23.6 Å². The number of nitrogens with zero attached hydrogens (tertiary/aromatic N) is 5. The highest BCUT2D eigenvalue weighted by Gasteiger charge is 2.44. The van der Waals surface area contributed by atoms with E-state index in [0.29, 0.717) is 17.3 Å². The fourth-order valence-corrected chi connectivity index (χ4v) is 6.02. The summed E-state index contributed by atoms with van der Waals surface area (Å²) in [5, 5.41) is 2.89. The molecule has 1 aromatic heterocycles. The number of ether oxygens (including phenoxy) is 2. The van der Waals surface area contributed by atoms with E-state index < -0.39 is 5.82 Å². The number of anilines is 2. The second-order valence-electron chi connectivity index (χ2n) is 11.8. The van der Waals surface area contributed by atoms with E-state index in [-0.39, 0.29) is 41.2 Å². The average Bonchev–Trinajstić information content (AvgIpc) is 3.58. The number of benzene rings is 2. The molecular weight excluding hydrogens is 539 g/mol. The number of hydrogen-bond acceptors (Lipinski definition) is 8. The highest BCUT2D eigenvalue weighted by Crippen LogP contribution is 2.43. The van der Waals surface area contributed by atoms with Crippen molar-refractivity contribution in [1.82, 2.24) is 19.8 Å². The molecule has 220 valence electrons. The molecule has 4 heterocycles. The molecule has 0 saturated carbocycles. The molecule has 3 aliphatic rings. The molecule has 2 saturated heterocycles. The molecule has 11 heteroatoms. The molecule has 42 heavy (non-hydrogen) atoms. The summed E-state index contributed by atoms with van der Waals surface area (Å²) in [6, 6.07) is 9.89. The van der Waals surface area contributed by atoms with Gasteiger partial charge in [0, 0.05) is 44.7 Å². The Hall–Kier alpha value is -4.25. The van der Waals surface area contributed by atoms with E-state index in [2.05, 4.69) is 31.2 Å². The van der Waals surface area contributed by atoms with Crippen LogP contribution in [-0.2, 0) is 11.3 Å². The maximum absolute atomic E-state index is 14.2. The van der Waals surface area contributed by atoms with Gasteiger partial charge in [-0.15, -0.1) is 0 Å². The molecule has 6 rings (SSSR count). The molecule has 3 aromatic rings. The van der Waals surface area contributed by atoms with Crippen LogP contribution in [0.5, 0.6) is 17.2 Å². The van der Waals surface area contributed by atoms with Gasteiger partial charge in [-0.3, -0.25) is 14.5 Å². The summed E-state index contributed by atoms with van der Waals surface area (Å²) in [4.78, 5) is 39.8. The Morgan fingerprint density at radius 3 is 2.83 bits per heavy atom. The summed E-state index contributed by atoms with van der Waals surface area (Å²) < 4.78 is 25.9. The number of aromatic nitrogens is 2. The molecule has 1 unspecified atom stereocenters. The Morgan fingerprint density at radius 2 is 2.00 bits per heavy atom. The third-order valence-corrected chi connectivity index (χ3v) is 8.48. The van der Waals surface area contributed by atoms with Crippen LogP contribution in [0.25, 0.3) is 0 Å². The van der Waals surface area contributed by atoms with Crippen LogP contribution in [0, 0.1) is 11.2 Å². The van der Waals surface area contributed by atoms with Gasteiger partial charge in [0.15, 0.2) is 18.2 Å². The number of amides is 2. The lowest BCUT2D eigenvalue weighted by Gasteiger charge is -2.26. The van der Waals surface area contributed by atoms with E-state index in [1.807, 2.05) is 26.0 Å². The molecule has 2 aromatic carbocycles. The van der Waals surface area contributed by atoms with Gasteiger partial charge in [-0.1, -0.05) is 6.07 Å². The van der Waals surface area contributed by atoms with Gasteiger partial charge in [0.2, 0.25) is 0 Å². The molecule has 10 nitrogen and oxygen atoms in total. The monoisotopic (exact) mass is 574 g/mol. The Morgan fingerprint density at radius 1 is 1.17 bits per heavy atom. The van der Waals surface area contributed by atoms with Crippen LogP contribution >= 0.6 is 0 Å². The number of nitrogens with one attached hydrogen (secondary N) is 1. The Bertz CT molecular complexity index is 1520. The Balaban J connectivity index is 1.15. The highest BCUT2D eigenvalue weighted by atomic mass is 19.1. The summed E-state index contributed by atoms with van der Waals surface area (Å²) >= 11 is 0. The summed E-state index contributed by atoms with van der Waals surface area (Å²) in [6.07, 6.45) is 5.17. The molecule has 3 aliphatic heterocycles. The molecule has 1 atom stereocenters. The summed E-state index contributed by atoms with van der Waals surface area (Å²) in [5.74, 6) is 1.09. The first-order valence-corrected chi connectivity index (χ1v) is 14.3. The number of carbonyl (C=O) groups excluding carboxylic acids is 2. The van der Waals surface area contributed by atoms with E-state index >= 15 is 0 Å². The van der Waals surface area contributed by atoms with Gasteiger partial charge < -0.3 is 24.6 Å². The largest absolute Gasteiger partial charge is 0.482 e. The van der Waals surface area contributed by atoms with Crippen LogP contribution in [0.2, 0.25) is 0 Å². The van der Waals surface area contributed by atoms with Crippen LogP contribution in [0.4, 0.5) is 15.9 Å². The van der Waals surface area contributed by atoms with Crippen molar-refractivity contribution < 1.29 is 23.5 Å². The summed E-state index contributed by atoms with van der Waals surface area (Å²) in [7, 11) is 1.69. The minimum absolute atomic E-state index is 0.0508. The topological polar surface area (TPSA) is 100 Å². The summed E-state index contributed by atoms with van der Waals surface area (Å²) in [5.41, 5.74) is 2.12. The van der Waals surface area contributed by atoms with Gasteiger partial charge in [-0.25, -0.2) is 14.4 Å². The third-order valence-electron chi connectivity index (χ3n) is 8.48. The van der Waals surface area contributed by atoms with Gasteiger partial charge in [0.05, 0.1) is 17.4 Å². The number of halogens is 1. The van der Waals surface area contributed by atoms with Crippen LogP contribution in [0.3, 0.4) is 0 Å². The standard InChI is InChI=1S/C31H35FN6O4/c1-20(2)36(3)30(40)23-13-22(32)5-7-25(23)42-27-14-33-19-34-29(27)38-11-9-31(18-38)8-10-37(17-31)15-21-4-6-26-24(12-21)35-28(39)16-41-26/h4-7,12-14,19-20H,8-11,15-18H2,1-3H3,(H,35,39). The molecule has 1 spiro atoms. The fourth-order valence-electron chi connectivity index (χ4n) is 6.02. The first kappa shape index (κ1) is 27.9. The van der Waals surface area contributed by atoms with Crippen LogP contribution in [0.1, 0.15) is 42.6 Å². The predicted octanol–water partition coefficient (Wildman–Crippen LogP) is 4.32. The van der Waals surface area contributed by atoms with Crippen molar-refractivity contribution >= 4 is 23.3 Å². The number of fused-ring (bicyclic) bond motifs is 1. The molecule has 0 radical (unpaired) electrons. The zero-order chi connectivity index (χ0) is 29.4. The molecule has 2 fully saturated rings. The average molecular weight is 575 g/mol. The highest BCUT2D eigenvalue weighted by molar-refractivity contribution is 5.97. The number of likely N-dealkylation sites (tertiary alicyclic amines) is 1. The summed E-state index contributed by atoms with van der Waals surface area (Å²) in [6.45, 7) is 8.19. The second kappa shape index (κ2) is 11.2. The van der Waals surface area contributed by atoms with Crippen LogP contribution < -0.4 is 19.7 Å². The van der Waals surface area contributed by atoms with Crippen LogP contribution in [-0.4, -0.2) is 77.5 Å². The first-order valence-electron chi connectivity index (χ1n) is 14.3. The molecule has 0 aliphatic carbocycles. The van der Waals surface area contributed by atoms with E-state index in [4.69, 9.17) is 9.47 Å². The van der Waals surface area contributed by atoms with Crippen molar-refractivity contribution in [2.75, 3.05) is 50.1 Å². The van der Waals surface area contributed by atoms with Crippen molar-refractivity contribution in [1.29, 1.82) is 0 Å². The Kier molecular flexibility index (Phi) is 7.44. The third kappa shape index (κ3) is 5.61. The second-order valence-corrected chi connectivity index (χ2v) is 11.8. The van der Waals surface area contributed by atoms with Crippen molar-refractivity contribution in [3.05, 3.63) is 65.9 Å². The lowest BCUT2D eigenvalue weighted by atomic mass is 9.86. The number of hydrogen-bond donors (Lipinski definition) is 1. The quantitative estimate of drug-likeness (QED) is 0.446. The minimum atomic E-state index is -0.506. The maximum Gasteiger partial charge on any atom is 0.262 e. The van der Waals surface area contributed by atoms with E-state index in [1.165, 1.54) is 24.5 Å². The molecular formula is C31H35FN6O4. The first-order chi connectivity index (χ1) is 20.2. The molecule has 2 amide bonds. The van der Waals surface area contributed by atoms with E-state index in [0.717, 1.165) is 56.8 Å². The zero-order valence-corrected chi connectivity index (χ0v) is 24.1. The minimum Gasteiger partial charge on any atom is -0.482 e. The fraction of sp³-hybridized carbons (Fsp3) is 0.419. The number of carbonyl (C=O) groups is 2. The maximum atomic E-state index is 14.2. The smallest absolute Gasteiger partial charge is 0.262 e. The lowest BCUT2D eigenvalue weighted by molar-refractivity contribution is -0.118. The van der Waals surface area contributed by atoms with E-state index in [9.17, 15) is 14.0 Å². The number of rotatable bonds is 7. The molecule has 0 bridgehead atoms. The normalized spacial score (nSPS) is 20.0. The van der Waals surface area contributed by atoms with Gasteiger partial charge in [0.25, 0.3) is 11.8 Å². The Labute approximate surface area is 244 Å². The van der Waals surface area contributed by atoms with Gasteiger partial charge in [-0.2, -0.15) is 0 Å². The van der Waals surface area contributed by atoms with Crippen molar-refractivity contribution in [3.8, 4) is 17.2 Å². The van der Waals surface area contributed by atoms with Crippen molar-refractivity contribution in [3.63, 3.8) is 0 Å². The predicted molar refractivity (Wildman–Crippen MR) is 155 cm³/mol. The van der Waals surface area contributed by atoms with Crippen molar-refractivity contribution in [2.45, 2.75) is 39.3 Å². The van der Waals surface area contributed by atoms with Crippen molar-refractivity contribution in [2.24, 2.45) is 5.41 Å². The SMILES string of the molecule is CC(C)N(C)C(=O)c1cc(F)ccc1Oc1cncnc1N1CCC2(CCN(Cc3ccc4c(c3)NC(=O)CO4)C2)C1. The van der Waals surface area contributed by atoms with Gasteiger partial charge >= 0.3 is 0 Å².